The number of halogens is 1. The van der Waals surface area contributed by atoms with Crippen molar-refractivity contribution in [1.29, 1.82) is 0 Å². The third-order valence-corrected chi connectivity index (χ3v) is 4.41. The van der Waals surface area contributed by atoms with Crippen LogP contribution in [0.2, 0.25) is 0 Å². The molecule has 0 saturated carbocycles. The van der Waals surface area contributed by atoms with E-state index in [1.165, 1.54) is 24.3 Å². The quantitative estimate of drug-likeness (QED) is 0.678. The van der Waals surface area contributed by atoms with E-state index in [9.17, 15) is 14.3 Å². The minimum absolute atomic E-state index is 0.0202. The minimum Gasteiger partial charge on any atom is -0.478 e. The number of rotatable bonds is 5. The molecule has 0 spiro atoms. The maximum atomic E-state index is 14.6. The van der Waals surface area contributed by atoms with Gasteiger partial charge in [-0.05, 0) is 41.1 Å². The average Bonchev–Trinajstić information content (AvgIpc) is 2.60. The molecule has 3 aromatic carbocycles. The second kappa shape index (κ2) is 6.56. The van der Waals surface area contributed by atoms with Crippen molar-refractivity contribution in [2.45, 2.75) is 5.60 Å². The van der Waals surface area contributed by atoms with Crippen LogP contribution < -0.4 is 4.52 Å². The van der Waals surface area contributed by atoms with E-state index in [1.54, 1.807) is 42.5 Å². The summed E-state index contributed by atoms with van der Waals surface area (Å²) in [6.45, 7) is 0. The van der Waals surface area contributed by atoms with E-state index in [-0.39, 0.29) is 11.1 Å². The third-order valence-electron chi connectivity index (χ3n) is 3.52. The van der Waals surface area contributed by atoms with E-state index in [1.807, 2.05) is 0 Å². The lowest BCUT2D eigenvalue weighted by Gasteiger charge is -2.19. The topological polar surface area (TPSA) is 66.8 Å². The van der Waals surface area contributed by atoms with Crippen LogP contribution >= 0.6 is 8.81 Å². The van der Waals surface area contributed by atoms with Crippen molar-refractivity contribution >= 4 is 25.5 Å². The van der Waals surface area contributed by atoms with Crippen molar-refractivity contribution in [1.82, 2.24) is 0 Å². The number of benzene rings is 3. The fourth-order valence-corrected chi connectivity index (χ4v) is 2.92. The first kappa shape index (κ1) is 16.4. The van der Waals surface area contributed by atoms with E-state index < -0.39 is 20.4 Å². The first-order chi connectivity index (χ1) is 11.5. The van der Waals surface area contributed by atoms with Crippen molar-refractivity contribution in [2.75, 3.05) is 0 Å². The van der Waals surface area contributed by atoms with Crippen molar-refractivity contribution in [2.24, 2.45) is 0 Å². The first-order valence-electron chi connectivity index (χ1n) is 7.14. The lowest BCUT2D eigenvalue weighted by Crippen LogP contribution is -2.13. The molecule has 24 heavy (non-hydrogen) atoms. The van der Waals surface area contributed by atoms with Gasteiger partial charge in [-0.15, -0.1) is 0 Å². The summed E-state index contributed by atoms with van der Waals surface area (Å²) in [4.78, 5) is 11.0. The lowest BCUT2D eigenvalue weighted by atomic mass is 10.0. The van der Waals surface area contributed by atoms with Gasteiger partial charge < -0.3 is 14.7 Å². The van der Waals surface area contributed by atoms with E-state index in [0.29, 0.717) is 11.1 Å². The Bertz CT molecular complexity index is 881. The summed E-state index contributed by atoms with van der Waals surface area (Å²) in [5, 5.41) is 20.4. The monoisotopic (exact) mass is 344 g/mol. The number of carboxylic acid groups (broad SMARTS) is 1. The minimum atomic E-state index is -2.66. The second-order valence-corrected chi connectivity index (χ2v) is 6.29. The zero-order valence-corrected chi connectivity index (χ0v) is 13.4. The Morgan fingerprint density at radius 3 is 2.42 bits per heavy atom. The van der Waals surface area contributed by atoms with Crippen LogP contribution in [0.4, 0.5) is 4.39 Å². The molecular weight excluding hydrogens is 330 g/mol. The summed E-state index contributed by atoms with van der Waals surface area (Å²) in [6.07, 6.45) is 0. The van der Waals surface area contributed by atoms with E-state index in [2.05, 4.69) is 0 Å². The maximum absolute atomic E-state index is 14.6. The van der Waals surface area contributed by atoms with Crippen molar-refractivity contribution < 1.29 is 23.9 Å². The molecule has 0 radical (unpaired) electrons. The Hall–Kier alpha value is -2.49. The molecule has 0 heterocycles. The predicted octanol–water partition coefficient (Wildman–Crippen LogP) is 4.28. The summed E-state index contributed by atoms with van der Waals surface area (Å²) < 4.78 is 19.9. The van der Waals surface area contributed by atoms with Crippen LogP contribution in [0.25, 0.3) is 10.8 Å². The van der Waals surface area contributed by atoms with Crippen LogP contribution in [0.3, 0.4) is 0 Å². The highest BCUT2D eigenvalue weighted by Crippen LogP contribution is 2.42. The van der Waals surface area contributed by atoms with Crippen LogP contribution in [-0.2, 0) is 5.60 Å². The molecule has 122 valence electrons. The Morgan fingerprint density at radius 2 is 1.71 bits per heavy atom. The van der Waals surface area contributed by atoms with Crippen LogP contribution in [0.15, 0.2) is 66.7 Å². The van der Waals surface area contributed by atoms with Gasteiger partial charge in [-0.1, -0.05) is 36.4 Å². The molecule has 2 N–H and O–H groups in total. The van der Waals surface area contributed by atoms with Gasteiger partial charge in [0.1, 0.15) is 14.6 Å². The molecule has 0 bridgehead atoms. The molecule has 2 unspecified atom stereocenters. The number of hydrogen-bond acceptors (Lipinski definition) is 3. The number of carbonyl (C=O) groups is 1. The first-order valence-corrected chi connectivity index (χ1v) is 8.04. The van der Waals surface area contributed by atoms with E-state index in [4.69, 9.17) is 9.63 Å². The molecule has 4 nitrogen and oxygen atoms in total. The number of para-hydroxylation sites is 1. The van der Waals surface area contributed by atoms with Crippen LogP contribution in [0.1, 0.15) is 15.9 Å². The van der Waals surface area contributed by atoms with Gasteiger partial charge >= 0.3 is 5.97 Å². The SMILES string of the molecule is O=C(O)c1ccc2ccc(C(O)(F)POc3ccccc3)cc2c1. The van der Waals surface area contributed by atoms with Gasteiger partial charge in [0, 0.05) is 5.56 Å². The summed E-state index contributed by atoms with van der Waals surface area (Å²) in [5.41, 5.74) is -2.54. The molecule has 0 aromatic heterocycles. The van der Waals surface area contributed by atoms with Gasteiger partial charge in [0.15, 0.2) is 0 Å². The lowest BCUT2D eigenvalue weighted by molar-refractivity contribution is -0.00966. The molecule has 2 atom stereocenters. The van der Waals surface area contributed by atoms with Gasteiger partial charge in [-0.2, -0.15) is 4.39 Å². The molecule has 0 aliphatic carbocycles. The smallest absolute Gasteiger partial charge is 0.335 e. The molecule has 3 rings (SSSR count). The highest BCUT2D eigenvalue weighted by Gasteiger charge is 2.31. The predicted molar refractivity (Wildman–Crippen MR) is 91.3 cm³/mol. The molecule has 0 saturated heterocycles. The molecule has 0 aliphatic heterocycles. The Kier molecular flexibility index (Phi) is 4.47. The summed E-state index contributed by atoms with van der Waals surface area (Å²) in [7, 11) is -0.850. The molecule has 0 fully saturated rings. The van der Waals surface area contributed by atoms with E-state index in [0.717, 1.165) is 5.39 Å². The third kappa shape index (κ3) is 3.53. The van der Waals surface area contributed by atoms with Crippen molar-refractivity contribution in [3.63, 3.8) is 0 Å². The van der Waals surface area contributed by atoms with Crippen molar-refractivity contribution in [3.05, 3.63) is 77.9 Å². The number of aliphatic hydroxyl groups is 1. The van der Waals surface area contributed by atoms with Crippen molar-refractivity contribution in [3.8, 4) is 5.75 Å². The van der Waals surface area contributed by atoms with Gasteiger partial charge in [-0.25, -0.2) is 4.79 Å². The second-order valence-electron chi connectivity index (χ2n) is 5.22. The van der Waals surface area contributed by atoms with E-state index >= 15 is 0 Å². The van der Waals surface area contributed by atoms with Gasteiger partial charge in [0.25, 0.3) is 5.60 Å². The van der Waals surface area contributed by atoms with Crippen LogP contribution in [0, 0.1) is 0 Å². The zero-order valence-electron chi connectivity index (χ0n) is 12.4. The Labute approximate surface area is 139 Å². The van der Waals surface area contributed by atoms with Gasteiger partial charge in [0.2, 0.25) is 0 Å². The normalized spacial score (nSPS) is 13.9. The summed E-state index contributed by atoms with van der Waals surface area (Å²) in [6, 6.07) is 17.7. The number of aromatic carboxylic acids is 1. The molecule has 0 amide bonds. The highest BCUT2D eigenvalue weighted by molar-refractivity contribution is 7.33. The number of alkyl halides is 1. The Morgan fingerprint density at radius 1 is 1.00 bits per heavy atom. The molecule has 6 heteroatoms. The zero-order chi connectivity index (χ0) is 17.2. The molecular formula is C18H14FO4P. The summed E-state index contributed by atoms with van der Waals surface area (Å²) >= 11 is 0. The van der Waals surface area contributed by atoms with Gasteiger partial charge in [-0.3, -0.25) is 0 Å². The molecule has 3 aromatic rings. The fourth-order valence-electron chi connectivity index (χ4n) is 2.26. The standard InChI is InChI=1S/C18H14FO4P/c19-18(22,24-23-16-4-2-1-3-5-16)15-9-8-12-6-7-13(17(20)21)10-14(12)11-15/h1-11,22,24H,(H,20,21). The number of carboxylic acids is 1. The highest BCUT2D eigenvalue weighted by atomic mass is 31.1. The summed E-state index contributed by atoms with van der Waals surface area (Å²) in [5.74, 6) is -0.604. The van der Waals surface area contributed by atoms with Crippen LogP contribution in [0.5, 0.6) is 5.75 Å². The largest absolute Gasteiger partial charge is 0.478 e. The fraction of sp³-hybridized carbons (Fsp3) is 0.0556. The average molecular weight is 344 g/mol. The maximum Gasteiger partial charge on any atom is 0.335 e. The molecule has 0 aliphatic rings. The van der Waals surface area contributed by atoms with Crippen LogP contribution in [-0.4, -0.2) is 16.2 Å². The van der Waals surface area contributed by atoms with Gasteiger partial charge in [0.05, 0.1) is 5.56 Å². The number of fused-ring (bicyclic) bond motifs is 1. The Balaban J connectivity index is 1.87. The number of hydrogen-bond donors (Lipinski definition) is 2.